The zero-order valence-corrected chi connectivity index (χ0v) is 16.2. The van der Waals surface area contributed by atoms with Gasteiger partial charge in [-0.2, -0.15) is 0 Å². The number of primary amides is 1. The van der Waals surface area contributed by atoms with Gasteiger partial charge in [0.25, 0.3) is 17.1 Å². The van der Waals surface area contributed by atoms with Gasteiger partial charge in [0.1, 0.15) is 6.54 Å². The number of carbonyl (C=O) groups is 4. The Bertz CT molecular complexity index is 822. The van der Waals surface area contributed by atoms with Crippen molar-refractivity contribution < 1.29 is 33.4 Å². The summed E-state index contributed by atoms with van der Waals surface area (Å²) in [4.78, 5) is 47.9. The van der Waals surface area contributed by atoms with E-state index in [9.17, 15) is 19.2 Å². The van der Waals surface area contributed by atoms with Crippen LogP contribution in [0.5, 0.6) is 11.5 Å². The van der Waals surface area contributed by atoms with Crippen LogP contribution >= 0.6 is 11.8 Å². The fourth-order valence-corrected chi connectivity index (χ4v) is 3.11. The van der Waals surface area contributed by atoms with Gasteiger partial charge in [-0.15, -0.1) is 0 Å². The minimum absolute atomic E-state index is 0.162. The zero-order chi connectivity index (χ0) is 20.7. The Kier molecular flexibility index (Phi) is 7.44. The van der Waals surface area contributed by atoms with Gasteiger partial charge in [-0.25, -0.2) is 0 Å². The molecule has 0 aliphatic carbocycles. The number of rotatable bonds is 9. The minimum Gasteiger partial charge on any atom is -0.490 e. The molecule has 1 heterocycles. The third kappa shape index (κ3) is 5.49. The van der Waals surface area contributed by atoms with Crippen LogP contribution in [0.1, 0.15) is 19.4 Å². The summed E-state index contributed by atoms with van der Waals surface area (Å²) in [7, 11) is 0. The van der Waals surface area contributed by atoms with E-state index in [0.717, 1.165) is 16.7 Å². The average molecular weight is 408 g/mol. The van der Waals surface area contributed by atoms with Crippen LogP contribution in [0.2, 0.25) is 0 Å². The molecule has 2 rings (SSSR count). The topological polar surface area (TPSA) is 125 Å². The minimum atomic E-state index is -0.652. The molecule has 0 atom stereocenters. The van der Waals surface area contributed by atoms with E-state index in [1.165, 1.54) is 6.08 Å². The molecule has 3 amide bonds. The molecule has 2 N–H and O–H groups in total. The highest BCUT2D eigenvalue weighted by Crippen LogP contribution is 2.34. The van der Waals surface area contributed by atoms with Crippen molar-refractivity contribution in [2.45, 2.75) is 13.8 Å². The van der Waals surface area contributed by atoms with Crippen LogP contribution in [0.15, 0.2) is 23.1 Å². The van der Waals surface area contributed by atoms with Crippen molar-refractivity contribution in [3.8, 4) is 11.5 Å². The number of imide groups is 1. The second-order valence-electron chi connectivity index (χ2n) is 5.47. The molecule has 10 heteroatoms. The summed E-state index contributed by atoms with van der Waals surface area (Å²) in [5.41, 5.74) is 5.65. The molecule has 1 saturated heterocycles. The molecular formula is C18H20N2O7S. The largest absolute Gasteiger partial charge is 0.490 e. The molecule has 1 aliphatic heterocycles. The Hall–Kier alpha value is -3.01. The van der Waals surface area contributed by atoms with Crippen molar-refractivity contribution in [1.82, 2.24) is 4.90 Å². The van der Waals surface area contributed by atoms with Crippen LogP contribution in [0, 0.1) is 0 Å². The Morgan fingerprint density at radius 1 is 1.14 bits per heavy atom. The molecule has 9 nitrogen and oxygen atoms in total. The maximum absolute atomic E-state index is 12.4. The number of hydrogen-bond acceptors (Lipinski definition) is 8. The van der Waals surface area contributed by atoms with Gasteiger partial charge in [-0.3, -0.25) is 24.1 Å². The maximum Gasteiger partial charge on any atom is 0.326 e. The molecule has 0 saturated carbocycles. The van der Waals surface area contributed by atoms with Gasteiger partial charge in [-0.1, -0.05) is 6.07 Å². The predicted octanol–water partition coefficient (Wildman–Crippen LogP) is 1.55. The van der Waals surface area contributed by atoms with Crippen molar-refractivity contribution in [3.05, 3.63) is 28.7 Å². The number of nitrogens with two attached hydrogens (primary N) is 1. The monoisotopic (exact) mass is 408 g/mol. The van der Waals surface area contributed by atoms with Crippen molar-refractivity contribution in [1.29, 1.82) is 0 Å². The molecule has 0 unspecified atom stereocenters. The number of nitrogens with zero attached hydrogens (tertiary/aromatic N) is 1. The fourth-order valence-electron chi connectivity index (χ4n) is 2.27. The quantitative estimate of drug-likeness (QED) is 0.482. The highest BCUT2D eigenvalue weighted by Gasteiger charge is 2.36. The molecular weight excluding hydrogens is 388 g/mol. The van der Waals surface area contributed by atoms with Gasteiger partial charge in [0.05, 0.1) is 18.1 Å². The van der Waals surface area contributed by atoms with E-state index in [-0.39, 0.29) is 18.1 Å². The number of carbonyl (C=O) groups excluding carboxylic acids is 4. The second kappa shape index (κ2) is 9.79. The summed E-state index contributed by atoms with van der Waals surface area (Å²) < 4.78 is 15.6. The van der Waals surface area contributed by atoms with E-state index in [2.05, 4.69) is 0 Å². The number of amides is 3. The van der Waals surface area contributed by atoms with Crippen LogP contribution in [0.4, 0.5) is 4.79 Å². The molecule has 28 heavy (non-hydrogen) atoms. The molecule has 150 valence electrons. The number of ether oxygens (including phenoxy) is 3. The summed E-state index contributed by atoms with van der Waals surface area (Å²) in [5.74, 6) is -1.16. The van der Waals surface area contributed by atoms with Gasteiger partial charge in [0.15, 0.2) is 18.1 Å². The summed E-state index contributed by atoms with van der Waals surface area (Å²) in [5, 5.41) is -0.546. The predicted molar refractivity (Wildman–Crippen MR) is 102 cm³/mol. The zero-order valence-electron chi connectivity index (χ0n) is 15.4. The number of thioether (sulfide) groups is 1. The van der Waals surface area contributed by atoms with Crippen molar-refractivity contribution >= 4 is 40.9 Å². The average Bonchev–Trinajstić information content (AvgIpc) is 2.89. The smallest absolute Gasteiger partial charge is 0.326 e. The Labute approximate surface area is 165 Å². The molecule has 0 radical (unpaired) electrons. The fraction of sp³-hybridized carbons (Fsp3) is 0.333. The van der Waals surface area contributed by atoms with Gasteiger partial charge >= 0.3 is 5.97 Å². The van der Waals surface area contributed by atoms with E-state index in [0.29, 0.717) is 23.7 Å². The Morgan fingerprint density at radius 3 is 2.54 bits per heavy atom. The first-order valence-electron chi connectivity index (χ1n) is 8.44. The first-order chi connectivity index (χ1) is 13.3. The van der Waals surface area contributed by atoms with Crippen LogP contribution in [0.25, 0.3) is 6.08 Å². The standard InChI is InChI=1S/C18H20N2O7S/c1-3-25-13-7-11(5-6-12(13)27-10-15(19)21)8-14-17(23)20(18(24)28-14)9-16(22)26-4-2/h5-8H,3-4,9-10H2,1-2H3,(H2,19,21)/b14-8-. The number of hydrogen-bond donors (Lipinski definition) is 1. The molecule has 1 aliphatic rings. The molecule has 1 fully saturated rings. The van der Waals surface area contributed by atoms with Crippen LogP contribution in [0.3, 0.4) is 0 Å². The van der Waals surface area contributed by atoms with E-state index in [4.69, 9.17) is 19.9 Å². The van der Waals surface area contributed by atoms with E-state index in [1.54, 1.807) is 32.0 Å². The molecule has 0 bridgehead atoms. The highest BCUT2D eigenvalue weighted by atomic mass is 32.2. The molecule has 0 aromatic heterocycles. The lowest BCUT2D eigenvalue weighted by Crippen LogP contribution is -2.34. The summed E-state index contributed by atoms with van der Waals surface area (Å²) >= 11 is 0.732. The maximum atomic E-state index is 12.4. The lowest BCUT2D eigenvalue weighted by molar-refractivity contribution is -0.146. The van der Waals surface area contributed by atoms with Crippen molar-refractivity contribution in [3.63, 3.8) is 0 Å². The molecule has 1 aromatic carbocycles. The number of benzene rings is 1. The van der Waals surface area contributed by atoms with E-state index >= 15 is 0 Å². The van der Waals surface area contributed by atoms with E-state index < -0.39 is 29.6 Å². The first-order valence-corrected chi connectivity index (χ1v) is 9.26. The lowest BCUT2D eigenvalue weighted by atomic mass is 10.2. The van der Waals surface area contributed by atoms with Gasteiger partial charge in [-0.05, 0) is 49.4 Å². The third-order valence-corrected chi connectivity index (χ3v) is 4.31. The normalized spacial score (nSPS) is 15.1. The van der Waals surface area contributed by atoms with Crippen molar-refractivity contribution in [2.75, 3.05) is 26.4 Å². The van der Waals surface area contributed by atoms with Crippen LogP contribution in [-0.2, 0) is 19.1 Å². The third-order valence-electron chi connectivity index (χ3n) is 3.40. The van der Waals surface area contributed by atoms with Gasteiger partial charge < -0.3 is 19.9 Å². The van der Waals surface area contributed by atoms with Gasteiger partial charge in [0, 0.05) is 0 Å². The SMILES string of the molecule is CCOC(=O)CN1C(=O)S/C(=C\c2ccc(OCC(N)=O)c(OCC)c2)C1=O. The van der Waals surface area contributed by atoms with Crippen molar-refractivity contribution in [2.24, 2.45) is 5.73 Å². The number of esters is 1. The highest BCUT2D eigenvalue weighted by molar-refractivity contribution is 8.18. The lowest BCUT2D eigenvalue weighted by Gasteiger charge is -2.12. The van der Waals surface area contributed by atoms with E-state index in [1.807, 2.05) is 0 Å². The summed E-state index contributed by atoms with van der Waals surface area (Å²) in [6, 6.07) is 4.82. The summed E-state index contributed by atoms with van der Waals surface area (Å²) in [6.45, 7) is 3.21. The van der Waals surface area contributed by atoms with Crippen LogP contribution in [-0.4, -0.2) is 54.3 Å². The molecule has 1 aromatic rings. The Balaban J connectivity index is 2.20. The van der Waals surface area contributed by atoms with Gasteiger partial charge in [0.2, 0.25) is 0 Å². The Morgan fingerprint density at radius 2 is 1.89 bits per heavy atom. The molecule has 0 spiro atoms. The summed E-state index contributed by atoms with van der Waals surface area (Å²) in [6.07, 6.45) is 1.51. The first kappa shape index (κ1) is 21.3. The second-order valence-corrected chi connectivity index (χ2v) is 6.46. The van der Waals surface area contributed by atoms with Crippen LogP contribution < -0.4 is 15.2 Å².